The SMILES string of the molecule is COC(=O)CCC(C)=CCc1c(OC)c(C)c2c(c1OC(=O)CCCCOC(=O)C(C)CCCCCCCC(C)CC(=O)O)C(=O)OC2. The summed E-state index contributed by atoms with van der Waals surface area (Å²) in [6.07, 6.45) is 10.9. The average molecular weight is 675 g/mol. The third-order valence-electron chi connectivity index (χ3n) is 8.73. The number of cyclic esters (lactones) is 1. The molecule has 48 heavy (non-hydrogen) atoms. The van der Waals surface area contributed by atoms with Crippen LogP contribution in [0.4, 0.5) is 0 Å². The van der Waals surface area contributed by atoms with Gasteiger partial charge >= 0.3 is 29.8 Å². The van der Waals surface area contributed by atoms with Crippen molar-refractivity contribution in [2.75, 3.05) is 20.8 Å². The number of allylic oxidation sites excluding steroid dienone is 2. The molecule has 0 aliphatic carbocycles. The molecule has 1 aromatic carbocycles. The second-order valence-corrected chi connectivity index (χ2v) is 12.8. The smallest absolute Gasteiger partial charge is 0.342 e. The van der Waals surface area contributed by atoms with E-state index in [-0.39, 0.29) is 67.6 Å². The van der Waals surface area contributed by atoms with E-state index in [1.165, 1.54) is 14.2 Å². The van der Waals surface area contributed by atoms with Crippen LogP contribution in [0.15, 0.2) is 11.6 Å². The molecule has 1 N–H and O–H groups in total. The van der Waals surface area contributed by atoms with Crippen LogP contribution < -0.4 is 9.47 Å². The number of carbonyl (C=O) groups is 5. The molecule has 0 spiro atoms. The minimum Gasteiger partial charge on any atom is -0.496 e. The lowest BCUT2D eigenvalue weighted by atomic mass is 9.94. The molecule has 0 amide bonds. The quantitative estimate of drug-likeness (QED) is 0.0412. The van der Waals surface area contributed by atoms with Crippen molar-refractivity contribution in [3.05, 3.63) is 33.9 Å². The summed E-state index contributed by atoms with van der Waals surface area (Å²) in [7, 11) is 2.86. The summed E-state index contributed by atoms with van der Waals surface area (Å²) in [4.78, 5) is 60.5. The van der Waals surface area contributed by atoms with Crippen LogP contribution in [0.1, 0.15) is 131 Å². The summed E-state index contributed by atoms with van der Waals surface area (Å²) >= 11 is 0. The summed E-state index contributed by atoms with van der Waals surface area (Å²) < 4.78 is 27.0. The molecule has 0 bridgehead atoms. The second-order valence-electron chi connectivity index (χ2n) is 12.8. The first kappa shape index (κ1) is 40.3. The molecule has 1 aliphatic heterocycles. The van der Waals surface area contributed by atoms with E-state index < -0.39 is 17.9 Å². The molecule has 2 rings (SSSR count). The van der Waals surface area contributed by atoms with Gasteiger partial charge in [0, 0.05) is 30.4 Å². The van der Waals surface area contributed by atoms with Gasteiger partial charge in [-0.15, -0.1) is 0 Å². The molecule has 2 atom stereocenters. The number of aliphatic carboxylic acids is 1. The number of ether oxygens (including phenoxy) is 5. The minimum absolute atomic E-state index is 0.0640. The van der Waals surface area contributed by atoms with Gasteiger partial charge in [-0.1, -0.05) is 64.0 Å². The van der Waals surface area contributed by atoms with Crippen molar-refractivity contribution >= 4 is 29.8 Å². The van der Waals surface area contributed by atoms with E-state index in [2.05, 4.69) is 0 Å². The van der Waals surface area contributed by atoms with E-state index in [1.807, 2.05) is 33.8 Å². The number of fused-ring (bicyclic) bond motifs is 1. The van der Waals surface area contributed by atoms with E-state index in [4.69, 9.17) is 28.8 Å². The zero-order chi connectivity index (χ0) is 35.6. The lowest BCUT2D eigenvalue weighted by Gasteiger charge is -2.19. The minimum atomic E-state index is -0.747. The Kier molecular flexibility index (Phi) is 17.8. The topological polar surface area (TPSA) is 152 Å². The molecule has 268 valence electrons. The lowest BCUT2D eigenvalue weighted by molar-refractivity contribution is -0.148. The van der Waals surface area contributed by atoms with Gasteiger partial charge in [-0.05, 0) is 57.4 Å². The van der Waals surface area contributed by atoms with Crippen LogP contribution in [0.25, 0.3) is 0 Å². The molecule has 2 unspecified atom stereocenters. The molecule has 0 fully saturated rings. The molecule has 1 heterocycles. The van der Waals surface area contributed by atoms with Gasteiger partial charge in [0.1, 0.15) is 17.9 Å². The fourth-order valence-electron chi connectivity index (χ4n) is 5.75. The van der Waals surface area contributed by atoms with Crippen molar-refractivity contribution in [2.24, 2.45) is 11.8 Å². The zero-order valence-electron chi connectivity index (χ0n) is 29.6. The maximum absolute atomic E-state index is 13.0. The Balaban J connectivity index is 1.84. The molecule has 1 aromatic rings. The molecular weight excluding hydrogens is 620 g/mol. The molecule has 11 nitrogen and oxygen atoms in total. The highest BCUT2D eigenvalue weighted by Crippen LogP contribution is 2.43. The van der Waals surface area contributed by atoms with Gasteiger partial charge < -0.3 is 28.8 Å². The summed E-state index contributed by atoms with van der Waals surface area (Å²) in [5, 5.41) is 8.84. The number of esters is 4. The molecule has 0 saturated heterocycles. The van der Waals surface area contributed by atoms with E-state index >= 15 is 0 Å². The maximum Gasteiger partial charge on any atom is 0.342 e. The summed E-state index contributed by atoms with van der Waals surface area (Å²) in [5.74, 6) is -1.76. The van der Waals surface area contributed by atoms with Crippen molar-refractivity contribution in [1.29, 1.82) is 0 Å². The largest absolute Gasteiger partial charge is 0.496 e. The number of carbonyl (C=O) groups excluding carboxylic acids is 4. The summed E-state index contributed by atoms with van der Waals surface area (Å²) in [6.45, 7) is 7.82. The Hall–Kier alpha value is -3.89. The van der Waals surface area contributed by atoms with Gasteiger partial charge in [-0.3, -0.25) is 19.2 Å². The highest BCUT2D eigenvalue weighted by Gasteiger charge is 2.34. The van der Waals surface area contributed by atoms with E-state index in [9.17, 15) is 24.0 Å². The number of carboxylic acid groups (broad SMARTS) is 1. The van der Waals surface area contributed by atoms with Gasteiger partial charge in [0.2, 0.25) is 0 Å². The van der Waals surface area contributed by atoms with Crippen LogP contribution in [0.3, 0.4) is 0 Å². The van der Waals surface area contributed by atoms with Crippen LogP contribution in [0, 0.1) is 18.8 Å². The summed E-state index contributed by atoms with van der Waals surface area (Å²) in [5.41, 5.74) is 3.07. The molecular formula is C37H54O11. The molecule has 1 aliphatic rings. The van der Waals surface area contributed by atoms with Crippen molar-refractivity contribution in [1.82, 2.24) is 0 Å². The van der Waals surface area contributed by atoms with Crippen LogP contribution in [-0.4, -0.2) is 55.8 Å². The van der Waals surface area contributed by atoms with Gasteiger partial charge in [0.25, 0.3) is 0 Å². The second kappa shape index (κ2) is 21.2. The van der Waals surface area contributed by atoms with Gasteiger partial charge in [0.15, 0.2) is 5.75 Å². The molecule has 0 aromatic heterocycles. The lowest BCUT2D eigenvalue weighted by Crippen LogP contribution is -2.16. The van der Waals surface area contributed by atoms with E-state index in [0.29, 0.717) is 42.6 Å². The summed E-state index contributed by atoms with van der Waals surface area (Å²) in [6, 6.07) is 0. The standard InChI is InChI=1S/C37H54O11/c1-24(18-20-31(40)44-5)17-19-28-34(45-6)27(4)29-23-47-37(43)33(29)35(28)48-32(41)16-12-13-21-46-36(42)26(3)15-11-9-7-8-10-14-25(2)22-30(38)39/h17,25-26H,7-16,18-23H2,1-6H3,(H,38,39). The fourth-order valence-corrected chi connectivity index (χ4v) is 5.75. The number of rotatable bonds is 23. The van der Waals surface area contributed by atoms with Crippen LogP contribution >= 0.6 is 0 Å². The average Bonchev–Trinajstić information content (AvgIpc) is 3.44. The Bertz CT molecular complexity index is 1300. The monoisotopic (exact) mass is 674 g/mol. The highest BCUT2D eigenvalue weighted by molar-refractivity contribution is 5.99. The molecule has 0 radical (unpaired) electrons. The number of methoxy groups -OCH3 is 2. The van der Waals surface area contributed by atoms with Crippen molar-refractivity contribution in [3.63, 3.8) is 0 Å². The Morgan fingerprint density at radius 2 is 1.58 bits per heavy atom. The van der Waals surface area contributed by atoms with Gasteiger partial charge in [-0.25, -0.2) is 4.79 Å². The van der Waals surface area contributed by atoms with E-state index in [1.54, 1.807) is 0 Å². The van der Waals surface area contributed by atoms with Crippen LogP contribution in [0.5, 0.6) is 11.5 Å². The van der Waals surface area contributed by atoms with Crippen molar-refractivity contribution in [2.45, 2.75) is 124 Å². The Morgan fingerprint density at radius 1 is 0.896 bits per heavy atom. The highest BCUT2D eigenvalue weighted by atomic mass is 16.6. The normalized spacial score (nSPS) is 13.7. The van der Waals surface area contributed by atoms with E-state index in [0.717, 1.165) is 56.1 Å². The predicted octanol–water partition coefficient (Wildman–Crippen LogP) is 7.21. The predicted molar refractivity (Wildman–Crippen MR) is 179 cm³/mol. The number of unbranched alkanes of at least 4 members (excludes halogenated alkanes) is 5. The zero-order valence-corrected chi connectivity index (χ0v) is 29.6. The third kappa shape index (κ3) is 13.3. The van der Waals surface area contributed by atoms with Gasteiger partial charge in [0.05, 0.1) is 26.7 Å². The Morgan fingerprint density at radius 3 is 2.25 bits per heavy atom. The van der Waals surface area contributed by atoms with Crippen LogP contribution in [0.2, 0.25) is 0 Å². The Labute approximate surface area is 284 Å². The van der Waals surface area contributed by atoms with Gasteiger partial charge in [-0.2, -0.15) is 0 Å². The first-order chi connectivity index (χ1) is 22.9. The number of benzene rings is 1. The number of carboxylic acids is 1. The number of hydrogen-bond acceptors (Lipinski definition) is 10. The molecule has 0 saturated carbocycles. The maximum atomic E-state index is 13.0. The van der Waals surface area contributed by atoms with Crippen LogP contribution in [-0.2, 0) is 46.4 Å². The van der Waals surface area contributed by atoms with Crippen molar-refractivity contribution < 1.29 is 52.8 Å². The van der Waals surface area contributed by atoms with Crippen molar-refractivity contribution in [3.8, 4) is 11.5 Å². The fraction of sp³-hybridized carbons (Fsp3) is 0.649. The molecule has 11 heteroatoms. The number of hydrogen-bond donors (Lipinski definition) is 1. The first-order valence-electron chi connectivity index (χ1n) is 17.1. The third-order valence-corrected chi connectivity index (χ3v) is 8.73. The first-order valence-corrected chi connectivity index (χ1v) is 17.1.